The molecule has 0 fully saturated rings. The number of carbonyl (C=O) groups is 1. The van der Waals surface area contributed by atoms with Crippen molar-refractivity contribution >= 4 is 34.7 Å². The SMILES string of the molecule is CCOc1ccc(NC=CC(=O)c2ccc(Cl)c(Cl)c2)cc1. The van der Waals surface area contributed by atoms with Crippen molar-refractivity contribution in [3.63, 3.8) is 0 Å². The van der Waals surface area contributed by atoms with Gasteiger partial charge < -0.3 is 10.1 Å². The van der Waals surface area contributed by atoms with Gasteiger partial charge in [-0.15, -0.1) is 0 Å². The number of ether oxygens (including phenoxy) is 1. The number of ketones is 1. The van der Waals surface area contributed by atoms with Crippen LogP contribution >= 0.6 is 23.2 Å². The average Bonchev–Trinajstić information content (AvgIpc) is 2.52. The minimum absolute atomic E-state index is 0.156. The van der Waals surface area contributed by atoms with Gasteiger partial charge in [-0.2, -0.15) is 0 Å². The van der Waals surface area contributed by atoms with Gasteiger partial charge in [0.15, 0.2) is 5.78 Å². The van der Waals surface area contributed by atoms with Crippen LogP contribution in [-0.2, 0) is 0 Å². The molecule has 0 saturated carbocycles. The van der Waals surface area contributed by atoms with Crippen LogP contribution in [0.3, 0.4) is 0 Å². The van der Waals surface area contributed by atoms with Gasteiger partial charge in [0.1, 0.15) is 5.75 Å². The highest BCUT2D eigenvalue weighted by atomic mass is 35.5. The van der Waals surface area contributed by atoms with E-state index in [1.54, 1.807) is 24.4 Å². The molecule has 2 aromatic carbocycles. The second-order valence-electron chi connectivity index (χ2n) is 4.43. The summed E-state index contributed by atoms with van der Waals surface area (Å²) in [5.74, 6) is 0.654. The molecule has 0 aliphatic rings. The first-order valence-corrected chi connectivity index (χ1v) is 7.51. The van der Waals surface area contributed by atoms with Crippen molar-refractivity contribution in [2.45, 2.75) is 6.92 Å². The normalized spacial score (nSPS) is 10.7. The Kier molecular flexibility index (Phi) is 5.87. The number of rotatable bonds is 6. The van der Waals surface area contributed by atoms with Crippen molar-refractivity contribution in [2.75, 3.05) is 11.9 Å². The molecule has 2 aromatic rings. The summed E-state index contributed by atoms with van der Waals surface area (Å²) in [7, 11) is 0. The van der Waals surface area contributed by atoms with Crippen molar-refractivity contribution < 1.29 is 9.53 Å². The predicted octanol–water partition coefficient (Wildman–Crippen LogP) is 5.20. The number of hydrogen-bond donors (Lipinski definition) is 1. The quantitative estimate of drug-likeness (QED) is 0.582. The number of allylic oxidation sites excluding steroid dienone is 1. The third-order valence-corrected chi connectivity index (χ3v) is 3.59. The molecule has 0 aromatic heterocycles. The Bertz CT molecular complexity index is 682. The molecule has 114 valence electrons. The highest BCUT2D eigenvalue weighted by Crippen LogP contribution is 2.23. The third-order valence-electron chi connectivity index (χ3n) is 2.85. The lowest BCUT2D eigenvalue weighted by Gasteiger charge is -2.04. The summed E-state index contributed by atoms with van der Waals surface area (Å²) in [5.41, 5.74) is 1.35. The van der Waals surface area contributed by atoms with E-state index in [-0.39, 0.29) is 5.78 Å². The summed E-state index contributed by atoms with van der Waals surface area (Å²) >= 11 is 11.7. The van der Waals surface area contributed by atoms with Gasteiger partial charge >= 0.3 is 0 Å². The number of nitrogens with one attached hydrogen (secondary N) is 1. The summed E-state index contributed by atoms with van der Waals surface area (Å²) in [6.45, 7) is 2.56. The molecule has 0 bridgehead atoms. The molecular formula is C17H15Cl2NO2. The van der Waals surface area contributed by atoms with Crippen molar-refractivity contribution in [2.24, 2.45) is 0 Å². The van der Waals surface area contributed by atoms with Crippen LogP contribution in [0.4, 0.5) is 5.69 Å². The first-order chi connectivity index (χ1) is 10.6. The van der Waals surface area contributed by atoms with E-state index in [2.05, 4.69) is 5.32 Å². The molecule has 0 amide bonds. The lowest BCUT2D eigenvalue weighted by atomic mass is 10.1. The Morgan fingerprint density at radius 2 is 1.86 bits per heavy atom. The Morgan fingerprint density at radius 3 is 2.50 bits per heavy atom. The van der Waals surface area contributed by atoms with Crippen molar-refractivity contribution in [3.05, 3.63) is 70.3 Å². The molecule has 5 heteroatoms. The molecule has 0 unspecified atom stereocenters. The van der Waals surface area contributed by atoms with Crippen LogP contribution in [0, 0.1) is 0 Å². The highest BCUT2D eigenvalue weighted by Gasteiger charge is 2.04. The molecule has 0 spiro atoms. The molecule has 2 rings (SSSR count). The fourth-order valence-corrected chi connectivity index (χ4v) is 2.07. The van der Waals surface area contributed by atoms with E-state index >= 15 is 0 Å². The lowest BCUT2D eigenvalue weighted by molar-refractivity contribution is 0.104. The lowest BCUT2D eigenvalue weighted by Crippen LogP contribution is -1.96. The van der Waals surface area contributed by atoms with Crippen LogP contribution in [0.15, 0.2) is 54.7 Å². The van der Waals surface area contributed by atoms with E-state index in [0.717, 1.165) is 11.4 Å². The fraction of sp³-hybridized carbons (Fsp3) is 0.118. The number of anilines is 1. The summed E-state index contributed by atoms with van der Waals surface area (Å²) < 4.78 is 5.36. The maximum Gasteiger partial charge on any atom is 0.187 e. The standard InChI is InChI=1S/C17H15Cl2NO2/c1-2-22-14-6-4-13(5-7-14)20-10-9-17(21)12-3-8-15(18)16(19)11-12/h3-11,20H,2H2,1H3. The molecular weight excluding hydrogens is 321 g/mol. The van der Waals surface area contributed by atoms with E-state index in [4.69, 9.17) is 27.9 Å². The summed E-state index contributed by atoms with van der Waals surface area (Å²) in [6.07, 6.45) is 3.02. The summed E-state index contributed by atoms with van der Waals surface area (Å²) in [4.78, 5) is 12.0. The first-order valence-electron chi connectivity index (χ1n) is 6.75. The van der Waals surface area contributed by atoms with Crippen molar-refractivity contribution in [3.8, 4) is 5.75 Å². The molecule has 1 N–H and O–H groups in total. The molecule has 22 heavy (non-hydrogen) atoms. The molecule has 0 saturated heterocycles. The third kappa shape index (κ3) is 4.52. The maximum atomic E-state index is 12.0. The fourth-order valence-electron chi connectivity index (χ4n) is 1.77. The summed E-state index contributed by atoms with van der Waals surface area (Å²) in [6, 6.07) is 12.3. The van der Waals surface area contributed by atoms with Crippen LogP contribution in [0.5, 0.6) is 5.75 Å². The van der Waals surface area contributed by atoms with E-state index in [0.29, 0.717) is 22.2 Å². The number of benzene rings is 2. The van der Waals surface area contributed by atoms with Gasteiger partial charge in [0.25, 0.3) is 0 Å². The smallest absolute Gasteiger partial charge is 0.187 e. The molecule has 0 aliphatic heterocycles. The van der Waals surface area contributed by atoms with Crippen molar-refractivity contribution in [1.82, 2.24) is 0 Å². The van der Waals surface area contributed by atoms with E-state index in [1.807, 2.05) is 31.2 Å². The number of halogens is 2. The Balaban J connectivity index is 1.96. The van der Waals surface area contributed by atoms with Crippen LogP contribution in [0.2, 0.25) is 10.0 Å². The molecule has 0 radical (unpaired) electrons. The van der Waals surface area contributed by atoms with E-state index < -0.39 is 0 Å². The van der Waals surface area contributed by atoms with Gasteiger partial charge in [-0.05, 0) is 49.4 Å². The molecule has 0 heterocycles. The second kappa shape index (κ2) is 7.87. The predicted molar refractivity (Wildman–Crippen MR) is 91.2 cm³/mol. The van der Waals surface area contributed by atoms with Crippen LogP contribution in [0.25, 0.3) is 0 Å². The number of carbonyl (C=O) groups excluding carboxylic acids is 1. The second-order valence-corrected chi connectivity index (χ2v) is 5.24. The van der Waals surface area contributed by atoms with Crippen molar-refractivity contribution in [1.29, 1.82) is 0 Å². The molecule has 0 aliphatic carbocycles. The molecule has 3 nitrogen and oxygen atoms in total. The Hall–Kier alpha value is -1.97. The van der Waals surface area contributed by atoms with E-state index in [9.17, 15) is 4.79 Å². The number of hydrogen-bond acceptors (Lipinski definition) is 3. The van der Waals surface area contributed by atoms with Gasteiger partial charge in [-0.1, -0.05) is 23.2 Å². The monoisotopic (exact) mass is 335 g/mol. The van der Waals surface area contributed by atoms with Gasteiger partial charge in [-0.3, -0.25) is 4.79 Å². The zero-order chi connectivity index (χ0) is 15.9. The van der Waals surface area contributed by atoms with Crippen LogP contribution in [0.1, 0.15) is 17.3 Å². The highest BCUT2D eigenvalue weighted by molar-refractivity contribution is 6.42. The maximum absolute atomic E-state index is 12.0. The zero-order valence-corrected chi connectivity index (χ0v) is 13.5. The molecule has 0 atom stereocenters. The Morgan fingerprint density at radius 1 is 1.14 bits per heavy atom. The van der Waals surface area contributed by atoms with Gasteiger partial charge in [0, 0.05) is 23.5 Å². The Labute approximate surface area is 139 Å². The largest absolute Gasteiger partial charge is 0.494 e. The summed E-state index contributed by atoms with van der Waals surface area (Å²) in [5, 5.41) is 3.81. The van der Waals surface area contributed by atoms with Gasteiger partial charge in [0.05, 0.1) is 16.7 Å². The van der Waals surface area contributed by atoms with E-state index in [1.165, 1.54) is 6.08 Å². The van der Waals surface area contributed by atoms with Gasteiger partial charge in [-0.25, -0.2) is 0 Å². The minimum atomic E-state index is -0.156. The van der Waals surface area contributed by atoms with Gasteiger partial charge in [0.2, 0.25) is 0 Å². The first kappa shape index (κ1) is 16.4. The van der Waals surface area contributed by atoms with Crippen LogP contribution < -0.4 is 10.1 Å². The average molecular weight is 336 g/mol. The zero-order valence-electron chi connectivity index (χ0n) is 12.0. The van der Waals surface area contributed by atoms with Crippen LogP contribution in [-0.4, -0.2) is 12.4 Å². The minimum Gasteiger partial charge on any atom is -0.494 e. The topological polar surface area (TPSA) is 38.3 Å².